The maximum absolute atomic E-state index is 5.24. The maximum Gasteiger partial charge on any atom is 0.164 e. The van der Waals surface area contributed by atoms with Crippen LogP contribution < -0.4 is 0 Å². The van der Waals surface area contributed by atoms with Crippen LogP contribution in [-0.4, -0.2) is 15.0 Å². The summed E-state index contributed by atoms with van der Waals surface area (Å²) in [7, 11) is 0. The predicted octanol–water partition coefficient (Wildman–Crippen LogP) is 13.8. The Morgan fingerprint density at radius 1 is 0.288 bits per heavy atom. The lowest BCUT2D eigenvalue weighted by Crippen LogP contribution is -2.29. The summed E-state index contributed by atoms with van der Waals surface area (Å²) in [6.45, 7) is 0. The molecule has 0 N–H and O–H groups in total. The molecule has 2 aliphatic rings. The summed E-state index contributed by atoms with van der Waals surface area (Å²) in [6, 6.07) is 73.0. The monoisotopic (exact) mass is 747 g/mol. The molecule has 1 aromatic heterocycles. The fraction of sp³-hybridized carbons (Fsp3) is 0.0179. The number of fused-ring (bicyclic) bond motifs is 13. The molecule has 0 bridgehead atoms. The Bertz CT molecular complexity index is 3430. The highest BCUT2D eigenvalue weighted by Crippen LogP contribution is 2.63. The van der Waals surface area contributed by atoms with Gasteiger partial charge < -0.3 is 0 Å². The van der Waals surface area contributed by atoms with Gasteiger partial charge in [-0.05, 0) is 100 Å². The third-order valence-electron chi connectivity index (χ3n) is 12.9. The molecule has 0 radical (unpaired) electrons. The van der Waals surface area contributed by atoms with Gasteiger partial charge in [0, 0.05) is 16.7 Å². The van der Waals surface area contributed by atoms with Crippen molar-refractivity contribution in [1.82, 2.24) is 15.0 Å². The van der Waals surface area contributed by atoms with Crippen molar-refractivity contribution < 1.29 is 0 Å². The number of hydrogen-bond acceptors (Lipinski definition) is 3. The highest BCUT2D eigenvalue weighted by atomic mass is 15.0. The van der Waals surface area contributed by atoms with Gasteiger partial charge in [-0.3, -0.25) is 0 Å². The molecule has 1 atom stereocenters. The van der Waals surface area contributed by atoms with Crippen LogP contribution in [0.1, 0.15) is 22.3 Å². The van der Waals surface area contributed by atoms with Crippen molar-refractivity contribution in [2.24, 2.45) is 0 Å². The molecule has 0 saturated carbocycles. The molecule has 0 saturated heterocycles. The Morgan fingerprint density at radius 2 is 0.797 bits per heavy atom. The molecule has 3 nitrogen and oxygen atoms in total. The summed E-state index contributed by atoms with van der Waals surface area (Å²) in [5.41, 5.74) is 14.7. The smallest absolute Gasteiger partial charge is 0.164 e. The van der Waals surface area contributed by atoms with Crippen LogP contribution in [0.5, 0.6) is 0 Å². The molecule has 13 rings (SSSR count). The Balaban J connectivity index is 1.18. The van der Waals surface area contributed by atoms with Crippen LogP contribution in [0, 0.1) is 0 Å². The van der Waals surface area contributed by atoms with Crippen LogP contribution in [-0.2, 0) is 5.41 Å². The summed E-state index contributed by atoms with van der Waals surface area (Å²) >= 11 is 0. The zero-order chi connectivity index (χ0) is 38.7. The topological polar surface area (TPSA) is 38.7 Å². The molecule has 0 fully saturated rings. The Morgan fingerprint density at radius 3 is 1.46 bits per heavy atom. The fourth-order valence-corrected chi connectivity index (χ4v) is 10.5. The largest absolute Gasteiger partial charge is 0.208 e. The van der Waals surface area contributed by atoms with E-state index in [1.807, 2.05) is 36.4 Å². The quantitative estimate of drug-likeness (QED) is 0.169. The van der Waals surface area contributed by atoms with Crippen molar-refractivity contribution in [3.63, 3.8) is 0 Å². The molecule has 11 aromatic rings. The van der Waals surface area contributed by atoms with E-state index in [0.29, 0.717) is 17.5 Å². The van der Waals surface area contributed by atoms with Crippen molar-refractivity contribution in [2.45, 2.75) is 5.41 Å². The van der Waals surface area contributed by atoms with E-state index in [1.54, 1.807) is 0 Å². The summed E-state index contributed by atoms with van der Waals surface area (Å²) in [4.78, 5) is 15.5. The van der Waals surface area contributed by atoms with Gasteiger partial charge in [0.05, 0.1) is 5.41 Å². The Hall–Kier alpha value is -7.75. The van der Waals surface area contributed by atoms with Crippen molar-refractivity contribution in [3.8, 4) is 67.5 Å². The Labute approximate surface area is 341 Å². The van der Waals surface area contributed by atoms with Gasteiger partial charge in [-0.25, -0.2) is 15.0 Å². The summed E-state index contributed by atoms with van der Waals surface area (Å²) < 4.78 is 0. The highest BCUT2D eigenvalue weighted by molar-refractivity contribution is 6.27. The molecule has 1 spiro atoms. The standard InChI is InChI=1S/C56H33N3/c1-3-14-36(15-4-1)53-57-54(37-16-5-2-6-17-37)59-55(58-53)39-29-30-43-41-21-8-7-20-40(41)42-22-9-11-24-46(42)56(48(43)33-39)47-25-12-10-23-44(47)52-45-31-28-35-19-13-18-34-26-27-38(32-49(52)56)51(45)50(34)35/h1-33H. The average molecular weight is 748 g/mol. The van der Waals surface area contributed by atoms with E-state index >= 15 is 0 Å². The average Bonchev–Trinajstić information content (AvgIpc) is 3.55. The van der Waals surface area contributed by atoms with E-state index in [2.05, 4.69) is 164 Å². The van der Waals surface area contributed by atoms with Crippen LogP contribution >= 0.6 is 0 Å². The number of aromatic nitrogens is 3. The molecule has 10 aromatic carbocycles. The second-order valence-electron chi connectivity index (χ2n) is 15.8. The second kappa shape index (κ2) is 12.1. The maximum atomic E-state index is 5.24. The van der Waals surface area contributed by atoms with Gasteiger partial charge >= 0.3 is 0 Å². The minimum absolute atomic E-state index is 0.642. The summed E-state index contributed by atoms with van der Waals surface area (Å²) in [6.07, 6.45) is 0. The third-order valence-corrected chi connectivity index (χ3v) is 12.9. The third kappa shape index (κ3) is 4.44. The van der Waals surface area contributed by atoms with Gasteiger partial charge in [-0.1, -0.05) is 188 Å². The van der Waals surface area contributed by atoms with Gasteiger partial charge in [0.1, 0.15) is 0 Å². The van der Waals surface area contributed by atoms with Crippen molar-refractivity contribution in [2.75, 3.05) is 0 Å². The zero-order valence-corrected chi connectivity index (χ0v) is 31.9. The molecule has 0 aliphatic heterocycles. The highest BCUT2D eigenvalue weighted by Gasteiger charge is 2.50. The van der Waals surface area contributed by atoms with Gasteiger partial charge in [0.2, 0.25) is 0 Å². The minimum atomic E-state index is -0.672. The van der Waals surface area contributed by atoms with Crippen LogP contribution in [0.15, 0.2) is 200 Å². The summed E-state index contributed by atoms with van der Waals surface area (Å²) in [5.74, 6) is 1.94. The van der Waals surface area contributed by atoms with Crippen molar-refractivity contribution >= 4 is 32.3 Å². The molecule has 0 amide bonds. The zero-order valence-electron chi connectivity index (χ0n) is 31.9. The van der Waals surface area contributed by atoms with Gasteiger partial charge in [0.15, 0.2) is 17.5 Å². The normalized spacial score (nSPS) is 14.8. The van der Waals surface area contributed by atoms with E-state index in [1.165, 1.54) is 88.0 Å². The lowest BCUT2D eigenvalue weighted by molar-refractivity contribution is 0.777. The SMILES string of the molecule is c1ccc(-c2nc(-c3ccccc3)nc(-c3ccc4c(c3)C3(c5ccccc5-c5ccccc5-4)c4ccccc4-c4c3cc3ccc5cccc6ccc4c3c56)n2)cc1. The molecule has 272 valence electrons. The van der Waals surface area contributed by atoms with Gasteiger partial charge in [0.25, 0.3) is 0 Å². The second-order valence-corrected chi connectivity index (χ2v) is 15.8. The van der Waals surface area contributed by atoms with E-state index in [4.69, 9.17) is 15.0 Å². The van der Waals surface area contributed by atoms with E-state index in [-0.39, 0.29) is 0 Å². The number of benzene rings is 10. The van der Waals surface area contributed by atoms with Gasteiger partial charge in [-0.15, -0.1) is 0 Å². The first kappa shape index (κ1) is 32.3. The van der Waals surface area contributed by atoms with Crippen molar-refractivity contribution in [3.05, 3.63) is 222 Å². The van der Waals surface area contributed by atoms with Crippen LogP contribution in [0.3, 0.4) is 0 Å². The van der Waals surface area contributed by atoms with E-state index in [9.17, 15) is 0 Å². The molecular weight excluding hydrogens is 715 g/mol. The molecule has 1 heterocycles. The molecule has 59 heavy (non-hydrogen) atoms. The van der Waals surface area contributed by atoms with Crippen molar-refractivity contribution in [1.29, 1.82) is 0 Å². The fourth-order valence-electron chi connectivity index (χ4n) is 10.5. The first-order valence-electron chi connectivity index (χ1n) is 20.3. The Kier molecular flexibility index (Phi) is 6.65. The van der Waals surface area contributed by atoms with E-state index < -0.39 is 5.41 Å². The van der Waals surface area contributed by atoms with Crippen LogP contribution in [0.4, 0.5) is 0 Å². The number of rotatable bonds is 3. The molecule has 1 unspecified atom stereocenters. The first-order valence-corrected chi connectivity index (χ1v) is 20.3. The molecular formula is C56H33N3. The predicted molar refractivity (Wildman–Crippen MR) is 242 cm³/mol. The van der Waals surface area contributed by atoms with Gasteiger partial charge in [-0.2, -0.15) is 0 Å². The lowest BCUT2D eigenvalue weighted by atomic mass is 9.65. The van der Waals surface area contributed by atoms with Crippen LogP contribution in [0.2, 0.25) is 0 Å². The first-order chi connectivity index (χ1) is 29.3. The lowest BCUT2D eigenvalue weighted by Gasteiger charge is -2.36. The minimum Gasteiger partial charge on any atom is -0.208 e. The molecule has 2 aliphatic carbocycles. The summed E-state index contributed by atoms with van der Waals surface area (Å²) in [5, 5.41) is 7.75. The number of hydrogen-bond donors (Lipinski definition) is 0. The van der Waals surface area contributed by atoms with Crippen LogP contribution in [0.25, 0.3) is 99.9 Å². The number of nitrogens with zero attached hydrogens (tertiary/aromatic N) is 3. The molecule has 3 heteroatoms. The van der Waals surface area contributed by atoms with E-state index in [0.717, 1.165) is 16.7 Å².